The highest BCUT2D eigenvalue weighted by atomic mass is 35.5. The van der Waals surface area contributed by atoms with Crippen molar-refractivity contribution in [2.24, 2.45) is 0 Å². The Bertz CT molecular complexity index is 955. The Kier molecular flexibility index (Phi) is 5.02. The molecule has 0 atom stereocenters. The van der Waals surface area contributed by atoms with E-state index in [4.69, 9.17) is 25.8 Å². The molecule has 1 amide bonds. The van der Waals surface area contributed by atoms with Crippen LogP contribution in [-0.4, -0.2) is 41.8 Å². The van der Waals surface area contributed by atoms with E-state index in [1.807, 2.05) is 12.1 Å². The highest BCUT2D eigenvalue weighted by molar-refractivity contribution is 6.30. The molecule has 1 aliphatic rings. The third-order valence-corrected chi connectivity index (χ3v) is 4.36. The van der Waals surface area contributed by atoms with Crippen molar-refractivity contribution in [1.82, 2.24) is 14.9 Å². The van der Waals surface area contributed by atoms with Crippen molar-refractivity contribution in [2.75, 3.05) is 26.4 Å². The Hall–Kier alpha value is -2.93. The summed E-state index contributed by atoms with van der Waals surface area (Å²) in [5.41, 5.74) is 1.59. The van der Waals surface area contributed by atoms with E-state index >= 15 is 0 Å². The summed E-state index contributed by atoms with van der Waals surface area (Å²) < 4.78 is 18.5. The van der Waals surface area contributed by atoms with E-state index in [0.29, 0.717) is 48.6 Å². The van der Waals surface area contributed by atoms with Crippen molar-refractivity contribution in [3.63, 3.8) is 0 Å². The van der Waals surface area contributed by atoms with Gasteiger partial charge in [0.1, 0.15) is 32.1 Å². The van der Waals surface area contributed by atoms with Gasteiger partial charge in [-0.2, -0.15) is 0 Å². The number of imidazole rings is 1. The molecule has 0 spiro atoms. The summed E-state index contributed by atoms with van der Waals surface area (Å²) in [6, 6.07) is 10.8. The predicted molar refractivity (Wildman–Crippen MR) is 101 cm³/mol. The molecule has 0 aliphatic carbocycles. The number of rotatable bonds is 6. The molecule has 8 heteroatoms. The molecule has 0 saturated carbocycles. The standard InChI is InChI=1S/C19H18ClN3O4/c20-13-1-3-14(4-2-13)25-6-5-21-19(24)11-23-12-22-15-9-17-18(10-16(15)23)27-8-7-26-17/h1-4,9-10,12H,5-8,11H2,(H,21,24). The number of aromatic nitrogens is 2. The fourth-order valence-electron chi connectivity index (χ4n) is 2.82. The second kappa shape index (κ2) is 7.75. The molecule has 4 rings (SSSR count). The zero-order chi connectivity index (χ0) is 18.6. The first-order chi connectivity index (χ1) is 13.2. The van der Waals surface area contributed by atoms with Crippen LogP contribution in [0.5, 0.6) is 17.2 Å². The summed E-state index contributed by atoms with van der Waals surface area (Å²) in [5.74, 6) is 1.94. The normalized spacial score (nSPS) is 12.8. The van der Waals surface area contributed by atoms with Crippen molar-refractivity contribution in [3.8, 4) is 17.2 Å². The van der Waals surface area contributed by atoms with Crippen molar-refractivity contribution < 1.29 is 19.0 Å². The van der Waals surface area contributed by atoms with Crippen LogP contribution in [0.4, 0.5) is 0 Å². The third-order valence-electron chi connectivity index (χ3n) is 4.11. The topological polar surface area (TPSA) is 74.6 Å². The summed E-state index contributed by atoms with van der Waals surface area (Å²) >= 11 is 5.83. The SMILES string of the molecule is O=C(Cn1cnc2cc3c(cc21)OCCO3)NCCOc1ccc(Cl)cc1. The first-order valence-electron chi connectivity index (χ1n) is 8.58. The van der Waals surface area contributed by atoms with Crippen LogP contribution in [0.2, 0.25) is 5.02 Å². The van der Waals surface area contributed by atoms with E-state index in [1.165, 1.54) is 0 Å². The summed E-state index contributed by atoms with van der Waals surface area (Å²) in [4.78, 5) is 16.5. The maximum absolute atomic E-state index is 12.2. The molecule has 1 aromatic heterocycles. The fourth-order valence-corrected chi connectivity index (χ4v) is 2.95. The van der Waals surface area contributed by atoms with E-state index in [0.717, 1.165) is 11.0 Å². The van der Waals surface area contributed by atoms with Crippen LogP contribution in [0.3, 0.4) is 0 Å². The van der Waals surface area contributed by atoms with Gasteiger partial charge < -0.3 is 24.1 Å². The Morgan fingerprint density at radius 2 is 1.93 bits per heavy atom. The highest BCUT2D eigenvalue weighted by Crippen LogP contribution is 2.34. The van der Waals surface area contributed by atoms with E-state index in [1.54, 1.807) is 35.2 Å². The molecule has 1 aliphatic heterocycles. The molecular formula is C19H18ClN3O4. The van der Waals surface area contributed by atoms with Gasteiger partial charge in [0.15, 0.2) is 11.5 Å². The van der Waals surface area contributed by atoms with Gasteiger partial charge in [0.05, 0.1) is 23.9 Å². The van der Waals surface area contributed by atoms with Gasteiger partial charge in [-0.05, 0) is 24.3 Å². The van der Waals surface area contributed by atoms with Gasteiger partial charge in [-0.3, -0.25) is 4.79 Å². The maximum atomic E-state index is 12.2. The van der Waals surface area contributed by atoms with Crippen molar-refractivity contribution in [2.45, 2.75) is 6.54 Å². The Balaban J connectivity index is 1.32. The zero-order valence-electron chi connectivity index (χ0n) is 14.5. The first-order valence-corrected chi connectivity index (χ1v) is 8.96. The van der Waals surface area contributed by atoms with Crippen LogP contribution in [0.25, 0.3) is 11.0 Å². The molecule has 2 heterocycles. The Labute approximate surface area is 160 Å². The van der Waals surface area contributed by atoms with Gasteiger partial charge >= 0.3 is 0 Å². The summed E-state index contributed by atoms with van der Waals surface area (Å²) in [6.07, 6.45) is 1.64. The Morgan fingerprint density at radius 3 is 2.70 bits per heavy atom. The Morgan fingerprint density at radius 1 is 1.19 bits per heavy atom. The van der Waals surface area contributed by atoms with Crippen molar-refractivity contribution in [1.29, 1.82) is 0 Å². The van der Waals surface area contributed by atoms with Gasteiger partial charge in [0.25, 0.3) is 0 Å². The van der Waals surface area contributed by atoms with Gasteiger partial charge in [-0.1, -0.05) is 11.6 Å². The van der Waals surface area contributed by atoms with Crippen molar-refractivity contribution >= 4 is 28.5 Å². The van der Waals surface area contributed by atoms with Gasteiger partial charge in [0.2, 0.25) is 5.91 Å². The van der Waals surface area contributed by atoms with Crippen LogP contribution in [-0.2, 0) is 11.3 Å². The number of ether oxygens (including phenoxy) is 3. The number of fused-ring (bicyclic) bond motifs is 2. The molecule has 27 heavy (non-hydrogen) atoms. The molecule has 7 nitrogen and oxygen atoms in total. The number of carbonyl (C=O) groups is 1. The lowest BCUT2D eigenvalue weighted by Crippen LogP contribution is -2.31. The summed E-state index contributed by atoms with van der Waals surface area (Å²) in [6.45, 7) is 1.98. The van der Waals surface area contributed by atoms with E-state index in [2.05, 4.69) is 10.3 Å². The number of hydrogen-bond donors (Lipinski definition) is 1. The van der Waals surface area contributed by atoms with Crippen LogP contribution >= 0.6 is 11.6 Å². The predicted octanol–water partition coefficient (Wildman–Crippen LogP) is 2.66. The zero-order valence-corrected chi connectivity index (χ0v) is 15.2. The lowest BCUT2D eigenvalue weighted by atomic mass is 10.2. The number of benzene rings is 2. The number of carbonyl (C=O) groups excluding carboxylic acids is 1. The minimum atomic E-state index is -0.121. The number of nitrogens with zero attached hydrogens (tertiary/aromatic N) is 2. The molecule has 0 fully saturated rings. The average molecular weight is 388 g/mol. The average Bonchev–Trinajstić information content (AvgIpc) is 3.06. The fraction of sp³-hybridized carbons (Fsp3) is 0.263. The van der Waals surface area contributed by atoms with Gasteiger partial charge in [-0.25, -0.2) is 4.98 Å². The second-order valence-corrected chi connectivity index (χ2v) is 6.45. The van der Waals surface area contributed by atoms with Gasteiger partial charge in [0, 0.05) is 17.2 Å². The molecule has 0 bridgehead atoms. The monoisotopic (exact) mass is 387 g/mol. The second-order valence-electron chi connectivity index (χ2n) is 6.01. The van der Waals surface area contributed by atoms with E-state index < -0.39 is 0 Å². The van der Waals surface area contributed by atoms with E-state index in [9.17, 15) is 4.79 Å². The maximum Gasteiger partial charge on any atom is 0.240 e. The molecule has 0 saturated heterocycles. The van der Waals surface area contributed by atoms with Crippen LogP contribution in [0, 0.1) is 0 Å². The number of amides is 1. The number of halogens is 1. The van der Waals surface area contributed by atoms with Gasteiger partial charge in [-0.15, -0.1) is 0 Å². The smallest absolute Gasteiger partial charge is 0.240 e. The number of nitrogens with one attached hydrogen (secondary N) is 1. The quantitative estimate of drug-likeness (QED) is 0.658. The summed E-state index contributed by atoms with van der Waals surface area (Å²) in [7, 11) is 0. The molecule has 0 unspecified atom stereocenters. The minimum absolute atomic E-state index is 0.121. The summed E-state index contributed by atoms with van der Waals surface area (Å²) in [5, 5.41) is 3.49. The number of hydrogen-bond acceptors (Lipinski definition) is 5. The lowest BCUT2D eigenvalue weighted by Gasteiger charge is -2.18. The van der Waals surface area contributed by atoms with Crippen LogP contribution in [0.15, 0.2) is 42.7 Å². The highest BCUT2D eigenvalue weighted by Gasteiger charge is 2.16. The van der Waals surface area contributed by atoms with Crippen LogP contribution < -0.4 is 19.5 Å². The van der Waals surface area contributed by atoms with E-state index in [-0.39, 0.29) is 12.5 Å². The van der Waals surface area contributed by atoms with Crippen molar-refractivity contribution in [3.05, 3.63) is 47.7 Å². The lowest BCUT2D eigenvalue weighted by molar-refractivity contribution is -0.121. The van der Waals surface area contributed by atoms with Crippen LogP contribution in [0.1, 0.15) is 0 Å². The largest absolute Gasteiger partial charge is 0.492 e. The molecule has 140 valence electrons. The third kappa shape index (κ3) is 4.09. The minimum Gasteiger partial charge on any atom is -0.492 e. The molecular weight excluding hydrogens is 370 g/mol. The first kappa shape index (κ1) is 17.5. The molecule has 1 N–H and O–H groups in total. The molecule has 3 aromatic rings. The molecule has 2 aromatic carbocycles. The molecule has 0 radical (unpaired) electrons.